The molecule has 0 saturated heterocycles. The second-order valence-electron chi connectivity index (χ2n) is 3.97. The van der Waals surface area contributed by atoms with E-state index < -0.39 is 11.7 Å². The summed E-state index contributed by atoms with van der Waals surface area (Å²) in [4.78, 5) is 11.8. The minimum Gasteiger partial charge on any atom is -0.422 e. The number of hydrogen-bond donors (Lipinski definition) is 2. The van der Waals surface area contributed by atoms with Crippen LogP contribution >= 0.6 is 39.9 Å². The van der Waals surface area contributed by atoms with Crippen LogP contribution in [0.5, 0.6) is 0 Å². The highest BCUT2D eigenvalue weighted by molar-refractivity contribution is 9.10. The number of benzene rings is 1. The quantitative estimate of drug-likeness (QED) is 0.816. The van der Waals surface area contributed by atoms with E-state index in [1.165, 1.54) is 0 Å². The molecule has 0 bridgehead atoms. The molecule has 0 amide bonds. The van der Waals surface area contributed by atoms with Crippen LogP contribution in [0.4, 0.5) is 0 Å². The second-order valence-corrected chi connectivity index (χ2v) is 5.26. The lowest BCUT2D eigenvalue weighted by Gasteiger charge is -2.10. The van der Waals surface area contributed by atoms with Gasteiger partial charge in [0.1, 0.15) is 5.58 Å². The fourth-order valence-electron chi connectivity index (χ4n) is 1.68. The van der Waals surface area contributed by atoms with Crippen LogP contribution in [0.25, 0.3) is 11.0 Å². The zero-order valence-corrected chi connectivity index (χ0v) is 12.9. The molecule has 1 heterocycles. The third-order valence-corrected chi connectivity index (χ3v) is 3.52. The van der Waals surface area contributed by atoms with Gasteiger partial charge in [0.05, 0.1) is 17.2 Å². The molecular weight excluding hydrogens is 357 g/mol. The number of aliphatic hydroxyl groups is 1. The molecule has 2 aromatic rings. The van der Waals surface area contributed by atoms with Crippen LogP contribution in [0, 0.1) is 0 Å². The third-order valence-electron chi connectivity index (χ3n) is 2.59. The zero-order valence-electron chi connectivity index (χ0n) is 9.73. The van der Waals surface area contributed by atoms with Crippen molar-refractivity contribution in [2.24, 2.45) is 5.73 Å². The molecule has 1 atom stereocenters. The molecule has 3 N–H and O–H groups in total. The van der Waals surface area contributed by atoms with Gasteiger partial charge in [0.25, 0.3) is 0 Å². The molecule has 1 unspecified atom stereocenters. The van der Waals surface area contributed by atoms with Gasteiger partial charge in [0, 0.05) is 15.9 Å². The summed E-state index contributed by atoms with van der Waals surface area (Å²) in [6.07, 6.45) is 0.181. The Bertz CT molecular complexity index is 645. The minimum absolute atomic E-state index is 0. The lowest BCUT2D eigenvalue weighted by molar-refractivity contribution is 0.264. The van der Waals surface area contributed by atoms with Crippen molar-refractivity contribution >= 4 is 50.9 Å². The fraction of sp³-hybridized carbons (Fsp3) is 0.250. The molecule has 19 heavy (non-hydrogen) atoms. The summed E-state index contributed by atoms with van der Waals surface area (Å²) >= 11 is 9.53. The van der Waals surface area contributed by atoms with E-state index in [4.69, 9.17) is 26.9 Å². The van der Waals surface area contributed by atoms with Crippen molar-refractivity contribution in [2.45, 2.75) is 12.5 Å². The number of fused-ring (bicyclic) bond motifs is 1. The van der Waals surface area contributed by atoms with Crippen LogP contribution in [0.15, 0.2) is 31.9 Å². The predicted molar refractivity (Wildman–Crippen MR) is 81.2 cm³/mol. The van der Waals surface area contributed by atoms with Crippen molar-refractivity contribution in [1.29, 1.82) is 0 Å². The molecular formula is C12H12BrCl2NO3. The highest BCUT2D eigenvalue weighted by Crippen LogP contribution is 2.28. The normalized spacial score (nSPS) is 12.2. The van der Waals surface area contributed by atoms with Crippen LogP contribution < -0.4 is 11.4 Å². The van der Waals surface area contributed by atoms with E-state index in [2.05, 4.69) is 15.9 Å². The Hall–Kier alpha value is -0.590. The molecule has 7 heteroatoms. The van der Waals surface area contributed by atoms with Gasteiger partial charge >= 0.3 is 5.63 Å². The Morgan fingerprint density at radius 2 is 2.16 bits per heavy atom. The first-order valence-electron chi connectivity index (χ1n) is 5.30. The highest BCUT2D eigenvalue weighted by Gasteiger charge is 2.15. The van der Waals surface area contributed by atoms with Crippen molar-refractivity contribution < 1.29 is 9.52 Å². The molecule has 1 aromatic carbocycles. The van der Waals surface area contributed by atoms with E-state index in [9.17, 15) is 4.79 Å². The van der Waals surface area contributed by atoms with Gasteiger partial charge in [0.15, 0.2) is 0 Å². The van der Waals surface area contributed by atoms with Gasteiger partial charge < -0.3 is 15.3 Å². The molecule has 0 saturated carbocycles. The standard InChI is InChI=1S/C12H11BrClNO3.ClH/c13-6-1-2-10-8(3-6)11(14)9(12(17)18-10)4-7(15)5-16;/h1-3,7,16H,4-5,15H2;1H. The number of aliphatic hydroxyl groups excluding tert-OH is 1. The van der Waals surface area contributed by atoms with E-state index in [0.717, 1.165) is 4.47 Å². The predicted octanol–water partition coefficient (Wildman–Crippen LogP) is 2.49. The van der Waals surface area contributed by atoms with Crippen LogP contribution in [-0.2, 0) is 6.42 Å². The van der Waals surface area contributed by atoms with Gasteiger partial charge in [-0.3, -0.25) is 0 Å². The maximum Gasteiger partial charge on any atom is 0.341 e. The van der Waals surface area contributed by atoms with Crippen LogP contribution in [0.2, 0.25) is 5.02 Å². The summed E-state index contributed by atoms with van der Waals surface area (Å²) in [7, 11) is 0. The van der Waals surface area contributed by atoms with Crippen molar-refractivity contribution in [3.63, 3.8) is 0 Å². The number of halogens is 3. The molecule has 0 spiro atoms. The summed E-state index contributed by atoms with van der Waals surface area (Å²) in [5, 5.41) is 9.90. The van der Waals surface area contributed by atoms with Crippen LogP contribution in [-0.4, -0.2) is 17.8 Å². The molecule has 0 aliphatic rings. The van der Waals surface area contributed by atoms with Gasteiger partial charge in [-0.05, 0) is 24.6 Å². The minimum atomic E-state index is -0.532. The summed E-state index contributed by atoms with van der Waals surface area (Å²) in [5.41, 5.74) is 5.82. The molecule has 1 aromatic heterocycles. The largest absolute Gasteiger partial charge is 0.422 e. The SMILES string of the molecule is Cl.NC(CO)Cc1c(Cl)c2cc(Br)ccc2oc1=O. The highest BCUT2D eigenvalue weighted by atomic mass is 79.9. The second kappa shape index (κ2) is 6.72. The molecule has 104 valence electrons. The molecule has 0 aliphatic heterocycles. The first-order chi connectivity index (χ1) is 8.52. The Labute approximate surface area is 129 Å². The topological polar surface area (TPSA) is 76.5 Å². The van der Waals surface area contributed by atoms with E-state index in [1.807, 2.05) is 0 Å². The van der Waals surface area contributed by atoms with Crippen molar-refractivity contribution in [3.05, 3.63) is 43.7 Å². The Kier molecular flexibility index (Phi) is 5.82. The maximum absolute atomic E-state index is 11.8. The third kappa shape index (κ3) is 3.49. The van der Waals surface area contributed by atoms with Crippen LogP contribution in [0.1, 0.15) is 5.56 Å². The monoisotopic (exact) mass is 367 g/mol. The lowest BCUT2D eigenvalue weighted by atomic mass is 10.1. The fourth-order valence-corrected chi connectivity index (χ4v) is 2.34. The molecule has 2 rings (SSSR count). The van der Waals surface area contributed by atoms with Crippen molar-refractivity contribution in [3.8, 4) is 0 Å². The van der Waals surface area contributed by atoms with Crippen LogP contribution in [0.3, 0.4) is 0 Å². The Morgan fingerprint density at radius 3 is 2.79 bits per heavy atom. The van der Waals surface area contributed by atoms with E-state index in [0.29, 0.717) is 21.6 Å². The van der Waals surface area contributed by atoms with Gasteiger partial charge in [-0.1, -0.05) is 27.5 Å². The summed E-state index contributed by atoms with van der Waals surface area (Å²) in [6.45, 7) is -0.216. The van der Waals surface area contributed by atoms with Crippen molar-refractivity contribution in [1.82, 2.24) is 0 Å². The Morgan fingerprint density at radius 1 is 1.47 bits per heavy atom. The average Bonchev–Trinajstić information content (AvgIpc) is 2.35. The molecule has 0 aliphatic carbocycles. The average molecular weight is 369 g/mol. The first kappa shape index (κ1) is 16.5. The van der Waals surface area contributed by atoms with Gasteiger partial charge in [0.2, 0.25) is 0 Å². The Balaban J connectivity index is 0.00000180. The number of nitrogens with two attached hydrogens (primary N) is 1. The summed E-state index contributed by atoms with van der Waals surface area (Å²) in [6, 6.07) is 4.67. The lowest BCUT2D eigenvalue weighted by Crippen LogP contribution is -2.29. The molecule has 0 radical (unpaired) electrons. The first-order valence-corrected chi connectivity index (χ1v) is 6.47. The summed E-state index contributed by atoms with van der Waals surface area (Å²) < 4.78 is 6.01. The summed E-state index contributed by atoms with van der Waals surface area (Å²) in [5.74, 6) is 0. The number of hydrogen-bond acceptors (Lipinski definition) is 4. The smallest absolute Gasteiger partial charge is 0.341 e. The van der Waals surface area contributed by atoms with E-state index in [1.54, 1.807) is 18.2 Å². The molecule has 4 nitrogen and oxygen atoms in total. The van der Waals surface area contributed by atoms with E-state index >= 15 is 0 Å². The van der Waals surface area contributed by atoms with Gasteiger partial charge in [-0.15, -0.1) is 12.4 Å². The zero-order chi connectivity index (χ0) is 13.3. The van der Waals surface area contributed by atoms with E-state index in [-0.39, 0.29) is 25.4 Å². The maximum atomic E-state index is 11.8. The van der Waals surface area contributed by atoms with Gasteiger partial charge in [-0.2, -0.15) is 0 Å². The van der Waals surface area contributed by atoms with Crippen molar-refractivity contribution in [2.75, 3.05) is 6.61 Å². The number of rotatable bonds is 3. The molecule has 0 fully saturated rings. The van der Waals surface area contributed by atoms with Gasteiger partial charge in [-0.25, -0.2) is 4.79 Å².